The van der Waals surface area contributed by atoms with Crippen molar-refractivity contribution < 1.29 is 9.21 Å². The zero-order valence-electron chi connectivity index (χ0n) is 18.6. The lowest BCUT2D eigenvalue weighted by molar-refractivity contribution is 0.0463. The highest BCUT2D eigenvalue weighted by atomic mass is 35.5. The van der Waals surface area contributed by atoms with E-state index in [1.165, 1.54) is 19.3 Å². The first kappa shape index (κ1) is 21.0. The topological polar surface area (TPSA) is 64.8 Å². The van der Waals surface area contributed by atoms with Crippen LogP contribution in [0.4, 0.5) is 6.01 Å². The molecule has 1 aromatic carbocycles. The molecule has 2 aromatic rings. The Morgan fingerprint density at radius 3 is 2.65 bits per heavy atom. The van der Waals surface area contributed by atoms with Gasteiger partial charge in [-0.3, -0.25) is 4.79 Å². The van der Waals surface area contributed by atoms with E-state index in [4.69, 9.17) is 21.0 Å². The molecule has 0 saturated carbocycles. The molecule has 3 fully saturated rings. The lowest BCUT2D eigenvalue weighted by atomic mass is 9.82. The molecule has 1 amide bonds. The Morgan fingerprint density at radius 1 is 1.19 bits per heavy atom. The summed E-state index contributed by atoms with van der Waals surface area (Å²) < 4.78 is 6.07. The summed E-state index contributed by atoms with van der Waals surface area (Å²) in [6.45, 7) is 4.92. The van der Waals surface area contributed by atoms with Crippen LogP contribution in [0.5, 0.6) is 0 Å². The van der Waals surface area contributed by atoms with E-state index in [-0.39, 0.29) is 18.0 Å². The molecular formula is C23H32ClN5O2. The van der Waals surface area contributed by atoms with E-state index in [1.807, 2.05) is 0 Å². The van der Waals surface area contributed by atoms with Crippen molar-refractivity contribution in [2.75, 3.05) is 38.6 Å². The number of rotatable bonds is 3. The molecule has 0 radical (unpaired) electrons. The van der Waals surface area contributed by atoms with Crippen LogP contribution in [0, 0.1) is 0 Å². The van der Waals surface area contributed by atoms with Crippen molar-refractivity contribution in [2.45, 2.75) is 63.2 Å². The van der Waals surface area contributed by atoms with Crippen molar-refractivity contribution in [1.82, 2.24) is 20.1 Å². The fourth-order valence-electron chi connectivity index (χ4n) is 5.70. The fraction of sp³-hybridized carbons (Fsp3) is 0.652. The first-order chi connectivity index (χ1) is 14.9. The number of oxazole rings is 1. The average molecular weight is 446 g/mol. The Bertz CT molecular complexity index is 964. The summed E-state index contributed by atoms with van der Waals surface area (Å²) in [6.07, 6.45) is 5.74. The van der Waals surface area contributed by atoms with Gasteiger partial charge in [-0.25, -0.2) is 0 Å². The Hall–Kier alpha value is -1.83. The van der Waals surface area contributed by atoms with E-state index < -0.39 is 0 Å². The molecular weight excluding hydrogens is 414 g/mol. The van der Waals surface area contributed by atoms with Gasteiger partial charge in [-0.15, -0.1) is 0 Å². The zero-order chi connectivity index (χ0) is 21.7. The van der Waals surface area contributed by atoms with Gasteiger partial charge < -0.3 is 24.4 Å². The van der Waals surface area contributed by atoms with Crippen LogP contribution in [-0.2, 0) is 0 Å². The molecule has 5 rings (SSSR count). The Labute approximate surface area is 188 Å². The Kier molecular flexibility index (Phi) is 5.61. The van der Waals surface area contributed by atoms with Gasteiger partial charge in [0.05, 0.1) is 5.56 Å². The number of nitrogens with zero attached hydrogens (tertiary/aromatic N) is 4. The molecule has 3 atom stereocenters. The summed E-state index contributed by atoms with van der Waals surface area (Å²) in [6, 6.07) is 5.65. The second-order valence-electron chi connectivity index (χ2n) is 9.65. The van der Waals surface area contributed by atoms with E-state index in [0.29, 0.717) is 39.8 Å². The molecule has 1 N–H and O–H groups in total. The highest BCUT2D eigenvalue weighted by Crippen LogP contribution is 2.34. The summed E-state index contributed by atoms with van der Waals surface area (Å²) >= 11 is 6.36. The van der Waals surface area contributed by atoms with Crippen molar-refractivity contribution in [3.05, 3.63) is 22.7 Å². The molecule has 8 heteroatoms. The maximum absolute atomic E-state index is 13.3. The van der Waals surface area contributed by atoms with E-state index in [1.54, 1.807) is 12.1 Å². The molecule has 1 aromatic heterocycles. The number of carbonyl (C=O) groups is 1. The first-order valence-corrected chi connectivity index (χ1v) is 11.8. The standard InChI is InChI=1S/C23H32ClN5O2/c1-14-13-27(2)7-8-29(14)23-26-21-19(9-15(24)10-20(21)31-23)22(30)25-16-11-17-5-4-6-18(12-16)28(17)3/h9-10,14,16-18H,4-8,11-13H2,1-3H3,(H,25,30)/t14-,16?,17?,18?/m0/s1. The molecule has 2 bridgehead atoms. The van der Waals surface area contributed by atoms with Crippen LogP contribution in [0.3, 0.4) is 0 Å². The highest BCUT2D eigenvalue weighted by molar-refractivity contribution is 6.32. The summed E-state index contributed by atoms with van der Waals surface area (Å²) in [7, 11) is 4.35. The molecule has 168 valence electrons. The second kappa shape index (κ2) is 8.26. The largest absolute Gasteiger partial charge is 0.423 e. The van der Waals surface area contributed by atoms with Crippen LogP contribution >= 0.6 is 11.6 Å². The third kappa shape index (κ3) is 4.03. The molecule has 4 heterocycles. The molecule has 0 aliphatic carbocycles. The number of halogens is 1. The monoisotopic (exact) mass is 445 g/mol. The van der Waals surface area contributed by atoms with Gasteiger partial charge in [-0.05, 0) is 52.8 Å². The van der Waals surface area contributed by atoms with Gasteiger partial charge in [-0.2, -0.15) is 4.98 Å². The lowest BCUT2D eigenvalue weighted by Gasteiger charge is -2.47. The molecule has 3 aliphatic heterocycles. The Balaban J connectivity index is 1.39. The van der Waals surface area contributed by atoms with Gasteiger partial charge in [-0.1, -0.05) is 18.0 Å². The number of piperazine rings is 1. The van der Waals surface area contributed by atoms with Crippen LogP contribution in [0.15, 0.2) is 16.5 Å². The number of anilines is 1. The maximum atomic E-state index is 13.3. The van der Waals surface area contributed by atoms with Crippen LogP contribution in [-0.4, -0.2) is 78.6 Å². The third-order valence-electron chi connectivity index (χ3n) is 7.44. The number of nitrogens with one attached hydrogen (secondary N) is 1. The number of hydrogen-bond acceptors (Lipinski definition) is 6. The number of fused-ring (bicyclic) bond motifs is 3. The lowest BCUT2D eigenvalue weighted by Crippen LogP contribution is -2.55. The predicted molar refractivity (Wildman–Crippen MR) is 123 cm³/mol. The van der Waals surface area contributed by atoms with E-state index in [2.05, 4.69) is 41.0 Å². The first-order valence-electron chi connectivity index (χ1n) is 11.5. The molecule has 0 spiro atoms. The van der Waals surface area contributed by atoms with Gasteiger partial charge in [0.1, 0.15) is 5.52 Å². The molecule has 3 aliphatic rings. The number of amides is 1. The van der Waals surface area contributed by atoms with E-state index in [0.717, 1.165) is 32.5 Å². The van der Waals surface area contributed by atoms with Gasteiger partial charge in [0.2, 0.25) is 0 Å². The fourth-order valence-corrected chi connectivity index (χ4v) is 5.91. The van der Waals surface area contributed by atoms with Crippen molar-refractivity contribution in [1.29, 1.82) is 0 Å². The number of likely N-dealkylation sites (N-methyl/N-ethyl adjacent to an activating group) is 1. The van der Waals surface area contributed by atoms with E-state index >= 15 is 0 Å². The number of aromatic nitrogens is 1. The minimum atomic E-state index is -0.105. The van der Waals surface area contributed by atoms with Crippen molar-refractivity contribution >= 4 is 34.6 Å². The highest BCUT2D eigenvalue weighted by Gasteiger charge is 2.37. The van der Waals surface area contributed by atoms with Crippen LogP contribution < -0.4 is 10.2 Å². The zero-order valence-corrected chi connectivity index (χ0v) is 19.4. The van der Waals surface area contributed by atoms with Gasteiger partial charge in [0.25, 0.3) is 11.9 Å². The van der Waals surface area contributed by atoms with Crippen molar-refractivity contribution in [3.8, 4) is 0 Å². The molecule has 2 unspecified atom stereocenters. The predicted octanol–water partition coefficient (Wildman–Crippen LogP) is 3.37. The van der Waals surface area contributed by atoms with Crippen molar-refractivity contribution in [3.63, 3.8) is 0 Å². The van der Waals surface area contributed by atoms with Crippen LogP contribution in [0.1, 0.15) is 49.4 Å². The summed E-state index contributed by atoms with van der Waals surface area (Å²) in [5, 5.41) is 3.77. The summed E-state index contributed by atoms with van der Waals surface area (Å²) in [5.41, 5.74) is 1.67. The SMILES string of the molecule is C[C@H]1CN(C)CCN1c1nc2c(C(=O)NC3CC4CCCC(C3)N4C)cc(Cl)cc2o1. The number of benzene rings is 1. The smallest absolute Gasteiger partial charge is 0.298 e. The molecule has 7 nitrogen and oxygen atoms in total. The third-order valence-corrected chi connectivity index (χ3v) is 7.66. The minimum absolute atomic E-state index is 0.105. The minimum Gasteiger partial charge on any atom is -0.423 e. The molecule has 3 saturated heterocycles. The normalized spacial score (nSPS) is 30.0. The molecule has 31 heavy (non-hydrogen) atoms. The second-order valence-corrected chi connectivity index (χ2v) is 10.1. The summed E-state index contributed by atoms with van der Waals surface area (Å²) in [4.78, 5) is 25.0. The quantitative estimate of drug-likeness (QED) is 0.781. The number of piperidine rings is 2. The Morgan fingerprint density at radius 2 is 1.94 bits per heavy atom. The summed E-state index contributed by atoms with van der Waals surface area (Å²) in [5.74, 6) is -0.105. The van der Waals surface area contributed by atoms with Gasteiger partial charge >= 0.3 is 0 Å². The van der Waals surface area contributed by atoms with E-state index in [9.17, 15) is 4.79 Å². The maximum Gasteiger partial charge on any atom is 0.298 e. The average Bonchev–Trinajstić information content (AvgIpc) is 3.11. The van der Waals surface area contributed by atoms with Crippen LogP contribution in [0.2, 0.25) is 5.02 Å². The van der Waals surface area contributed by atoms with Crippen LogP contribution in [0.25, 0.3) is 11.1 Å². The number of hydrogen-bond donors (Lipinski definition) is 1. The number of carbonyl (C=O) groups excluding carboxylic acids is 1. The van der Waals surface area contributed by atoms with Gasteiger partial charge in [0.15, 0.2) is 5.58 Å². The van der Waals surface area contributed by atoms with Crippen molar-refractivity contribution in [2.24, 2.45) is 0 Å². The van der Waals surface area contributed by atoms with Gasteiger partial charge in [0, 0.05) is 54.9 Å².